The van der Waals surface area contributed by atoms with Crippen LogP contribution in [0.5, 0.6) is 0 Å². The Balaban J connectivity index is 1.36. The summed E-state index contributed by atoms with van der Waals surface area (Å²) in [6, 6.07) is 16.7. The summed E-state index contributed by atoms with van der Waals surface area (Å²) < 4.78 is 38.7. The molecule has 2 unspecified atom stereocenters. The second-order valence-corrected chi connectivity index (χ2v) is 8.73. The van der Waals surface area contributed by atoms with Crippen LogP contribution >= 0.6 is 0 Å². The van der Waals surface area contributed by atoms with Crippen LogP contribution in [0.2, 0.25) is 0 Å². The maximum atomic E-state index is 12.9. The highest BCUT2D eigenvalue weighted by Crippen LogP contribution is 2.39. The van der Waals surface area contributed by atoms with Crippen molar-refractivity contribution >= 4 is 5.78 Å². The van der Waals surface area contributed by atoms with Gasteiger partial charge in [0, 0.05) is 31.0 Å². The van der Waals surface area contributed by atoms with Crippen molar-refractivity contribution in [2.45, 2.75) is 69.8 Å². The molecule has 2 heterocycles. The van der Waals surface area contributed by atoms with Gasteiger partial charge in [0.25, 0.3) is 0 Å². The number of aryl methyl sites for hydroxylation is 1. The first-order valence-electron chi connectivity index (χ1n) is 10.9. The molecule has 0 radical (unpaired) electrons. The molecule has 0 spiro atoms. The van der Waals surface area contributed by atoms with Crippen molar-refractivity contribution in [1.29, 1.82) is 0 Å². The smallest absolute Gasteiger partial charge is 0.299 e. The highest BCUT2D eigenvalue weighted by atomic mass is 19.4. The van der Waals surface area contributed by atoms with Crippen LogP contribution in [0.25, 0.3) is 0 Å². The molecule has 2 fully saturated rings. The van der Waals surface area contributed by atoms with Crippen molar-refractivity contribution in [2.75, 3.05) is 0 Å². The number of rotatable bonds is 6. The van der Waals surface area contributed by atoms with Gasteiger partial charge in [0.15, 0.2) is 0 Å². The van der Waals surface area contributed by atoms with Gasteiger partial charge in [-0.05, 0) is 49.3 Å². The lowest BCUT2D eigenvalue weighted by atomic mass is 9.75. The Morgan fingerprint density at radius 1 is 0.933 bits per heavy atom. The molecule has 2 atom stereocenters. The summed E-state index contributed by atoms with van der Waals surface area (Å²) in [6.45, 7) is 0.932. The number of nitrogens with zero attached hydrogens (tertiary/aromatic N) is 1. The number of benzene rings is 2. The number of carbonyl (C=O) groups excluding carboxylic acids is 1. The minimum Gasteiger partial charge on any atom is -0.299 e. The summed E-state index contributed by atoms with van der Waals surface area (Å²) in [6.07, 6.45) is 1.58. The number of ketones is 1. The normalized spacial score (nSPS) is 24.6. The van der Waals surface area contributed by atoms with Crippen LogP contribution < -0.4 is 0 Å². The van der Waals surface area contributed by atoms with Crippen LogP contribution in [0.1, 0.15) is 55.2 Å². The average molecular weight is 415 g/mol. The van der Waals surface area contributed by atoms with Gasteiger partial charge in [0.05, 0.1) is 5.56 Å². The molecular formula is C25H28F3NO. The molecule has 30 heavy (non-hydrogen) atoms. The Hall–Kier alpha value is -2.14. The molecule has 0 aliphatic carbocycles. The number of carbonyl (C=O) groups is 1. The van der Waals surface area contributed by atoms with Crippen LogP contribution in [-0.2, 0) is 23.9 Å². The minimum atomic E-state index is -4.34. The molecule has 2 saturated heterocycles. The molecule has 2 bridgehead atoms. The lowest BCUT2D eigenvalue weighted by molar-refractivity contribution is -0.137. The van der Waals surface area contributed by atoms with E-state index in [1.54, 1.807) is 6.07 Å². The van der Waals surface area contributed by atoms with Crippen molar-refractivity contribution < 1.29 is 18.0 Å². The van der Waals surface area contributed by atoms with E-state index < -0.39 is 11.7 Å². The van der Waals surface area contributed by atoms with Gasteiger partial charge in [0.2, 0.25) is 0 Å². The monoisotopic (exact) mass is 415 g/mol. The Kier molecular flexibility index (Phi) is 6.28. The van der Waals surface area contributed by atoms with E-state index in [0.717, 1.165) is 38.3 Å². The molecule has 2 aromatic rings. The zero-order valence-electron chi connectivity index (χ0n) is 17.1. The second kappa shape index (κ2) is 8.93. The maximum Gasteiger partial charge on any atom is 0.416 e. The molecule has 4 rings (SSSR count). The summed E-state index contributed by atoms with van der Waals surface area (Å²) in [5, 5.41) is 0. The highest BCUT2D eigenvalue weighted by molar-refractivity contribution is 5.81. The number of Topliss-reactive ketones (excluding diaryl/α,β-unsaturated/α-hetero) is 1. The fourth-order valence-corrected chi connectivity index (χ4v) is 5.17. The van der Waals surface area contributed by atoms with Gasteiger partial charge in [-0.15, -0.1) is 0 Å². The van der Waals surface area contributed by atoms with E-state index >= 15 is 0 Å². The molecule has 5 heteroatoms. The molecule has 0 amide bonds. The van der Waals surface area contributed by atoms with Gasteiger partial charge in [0.1, 0.15) is 5.78 Å². The summed E-state index contributed by atoms with van der Waals surface area (Å²) >= 11 is 0. The Labute approximate surface area is 176 Å². The average Bonchev–Trinajstić information content (AvgIpc) is 2.72. The largest absolute Gasteiger partial charge is 0.416 e. The third kappa shape index (κ3) is 4.94. The van der Waals surface area contributed by atoms with Gasteiger partial charge < -0.3 is 0 Å². The third-order valence-electron chi connectivity index (χ3n) is 6.70. The van der Waals surface area contributed by atoms with Crippen LogP contribution in [0.15, 0.2) is 54.6 Å². The standard InChI is InChI=1S/C25H28F3NO/c26-25(27,28)21-9-4-8-18(14-21)12-13-24(30)20-15-22-10-5-11-23(16-20)29(22)17-19-6-2-1-3-7-19/h1-4,6-9,14,20,22-23H,5,10-13,15-17H2. The van der Waals surface area contributed by atoms with Crippen molar-refractivity contribution in [2.24, 2.45) is 5.92 Å². The van der Waals surface area contributed by atoms with Crippen LogP contribution in [0.4, 0.5) is 13.2 Å². The van der Waals surface area contributed by atoms with E-state index in [4.69, 9.17) is 0 Å². The van der Waals surface area contributed by atoms with E-state index in [1.165, 1.54) is 24.1 Å². The maximum absolute atomic E-state index is 12.9. The number of piperidine rings is 2. The van der Waals surface area contributed by atoms with Gasteiger partial charge in [-0.3, -0.25) is 9.69 Å². The van der Waals surface area contributed by atoms with E-state index in [9.17, 15) is 18.0 Å². The highest BCUT2D eigenvalue weighted by Gasteiger charge is 2.40. The van der Waals surface area contributed by atoms with Crippen LogP contribution in [-0.4, -0.2) is 22.8 Å². The topological polar surface area (TPSA) is 20.3 Å². The predicted octanol–water partition coefficient (Wildman–Crippen LogP) is 6.04. The number of alkyl halides is 3. The summed E-state index contributed by atoms with van der Waals surface area (Å²) in [4.78, 5) is 15.5. The molecular weight excluding hydrogens is 387 g/mol. The summed E-state index contributed by atoms with van der Waals surface area (Å²) in [5.41, 5.74) is 1.25. The van der Waals surface area contributed by atoms with Crippen molar-refractivity contribution in [3.63, 3.8) is 0 Å². The van der Waals surface area contributed by atoms with Gasteiger partial charge in [-0.1, -0.05) is 55.0 Å². The molecule has 2 aliphatic heterocycles. The minimum absolute atomic E-state index is 0.0399. The fourth-order valence-electron chi connectivity index (χ4n) is 5.17. The quantitative estimate of drug-likeness (QED) is 0.573. The van der Waals surface area contributed by atoms with Gasteiger partial charge in [-0.2, -0.15) is 13.2 Å². The zero-order valence-corrected chi connectivity index (χ0v) is 17.1. The Morgan fingerprint density at radius 2 is 1.60 bits per heavy atom. The first-order valence-corrected chi connectivity index (χ1v) is 10.9. The molecule has 2 aromatic carbocycles. The van der Waals surface area contributed by atoms with E-state index in [-0.39, 0.29) is 11.7 Å². The first kappa shape index (κ1) is 21.1. The van der Waals surface area contributed by atoms with Gasteiger partial charge >= 0.3 is 6.18 Å². The Morgan fingerprint density at radius 3 is 2.27 bits per heavy atom. The van der Waals surface area contributed by atoms with Crippen molar-refractivity contribution in [3.05, 3.63) is 71.3 Å². The second-order valence-electron chi connectivity index (χ2n) is 8.73. The lowest BCUT2D eigenvalue weighted by Gasteiger charge is -2.48. The number of hydrogen-bond acceptors (Lipinski definition) is 2. The van der Waals surface area contributed by atoms with Crippen molar-refractivity contribution in [3.8, 4) is 0 Å². The molecule has 0 N–H and O–H groups in total. The number of hydrogen-bond donors (Lipinski definition) is 0. The predicted molar refractivity (Wildman–Crippen MR) is 111 cm³/mol. The van der Waals surface area contributed by atoms with E-state index in [1.807, 2.05) is 6.07 Å². The van der Waals surface area contributed by atoms with E-state index in [0.29, 0.717) is 30.5 Å². The van der Waals surface area contributed by atoms with Gasteiger partial charge in [-0.25, -0.2) is 0 Å². The molecule has 0 aromatic heterocycles. The molecule has 0 saturated carbocycles. The zero-order chi connectivity index (χ0) is 21.1. The van der Waals surface area contributed by atoms with Crippen LogP contribution in [0, 0.1) is 5.92 Å². The number of halogens is 3. The Bertz CT molecular complexity index is 850. The van der Waals surface area contributed by atoms with Crippen molar-refractivity contribution in [1.82, 2.24) is 4.90 Å². The summed E-state index contributed by atoms with van der Waals surface area (Å²) in [5.74, 6) is 0.252. The lowest BCUT2D eigenvalue weighted by Crippen LogP contribution is -2.52. The molecule has 160 valence electrons. The van der Waals surface area contributed by atoms with Crippen LogP contribution in [0.3, 0.4) is 0 Å². The molecule has 2 nitrogen and oxygen atoms in total. The SMILES string of the molecule is O=C(CCc1cccc(C(F)(F)F)c1)C1CC2CCCC(C1)N2Cc1ccccc1. The van der Waals surface area contributed by atoms with E-state index in [2.05, 4.69) is 29.2 Å². The molecule has 2 aliphatic rings. The first-order chi connectivity index (χ1) is 14.4. The number of fused-ring (bicyclic) bond motifs is 2. The summed E-state index contributed by atoms with van der Waals surface area (Å²) in [7, 11) is 0. The third-order valence-corrected chi connectivity index (χ3v) is 6.70. The fraction of sp³-hybridized carbons (Fsp3) is 0.480.